The van der Waals surface area contributed by atoms with Gasteiger partial charge in [-0.05, 0) is 41.5 Å². The van der Waals surface area contributed by atoms with E-state index in [0.717, 1.165) is 71.9 Å². The number of imidazole rings is 1. The average Bonchev–Trinajstić information content (AvgIpc) is 3.51. The van der Waals surface area contributed by atoms with Crippen molar-refractivity contribution in [2.24, 2.45) is 0 Å². The second-order valence-corrected chi connectivity index (χ2v) is 9.11. The van der Waals surface area contributed by atoms with Gasteiger partial charge >= 0.3 is 0 Å². The molecule has 0 saturated carbocycles. The first-order valence-corrected chi connectivity index (χ1v) is 12.0. The first kappa shape index (κ1) is 19.4. The molecule has 0 saturated heterocycles. The summed E-state index contributed by atoms with van der Waals surface area (Å²) in [6.45, 7) is 0. The van der Waals surface area contributed by atoms with Crippen molar-refractivity contribution in [1.82, 2.24) is 14.4 Å². The highest BCUT2D eigenvalue weighted by Crippen LogP contribution is 2.35. The minimum Gasteiger partial charge on any atom is -0.456 e. The number of aromatic nitrogens is 3. The maximum absolute atomic E-state index is 6.00. The molecule has 0 amide bonds. The fourth-order valence-electron chi connectivity index (χ4n) is 5.28. The maximum Gasteiger partial charge on any atom is 0.165 e. The lowest BCUT2D eigenvalue weighted by Gasteiger charge is -2.09. The lowest BCUT2D eigenvalue weighted by molar-refractivity contribution is 0.669. The topological polar surface area (TPSA) is 43.3 Å². The molecule has 4 nitrogen and oxygen atoms in total. The predicted octanol–water partition coefficient (Wildman–Crippen LogP) is 8.27. The quantitative estimate of drug-likeness (QED) is 0.260. The minimum atomic E-state index is 0.876. The fourth-order valence-corrected chi connectivity index (χ4v) is 5.28. The van der Waals surface area contributed by atoms with Crippen LogP contribution in [0.1, 0.15) is 0 Å². The number of hydrogen-bond acceptors (Lipinski definition) is 3. The van der Waals surface area contributed by atoms with E-state index in [1.54, 1.807) is 0 Å². The standard InChI is InChI=1S/C32H19N3O/c1-2-9-25-24(8-1)30(34-32-31(25)33-29-11-5-6-18-35(29)32)21-14-12-20(13-15-21)22-16-17-28-26(19-22)23-7-3-4-10-27(23)36-28/h1-19H. The molecule has 168 valence electrons. The van der Waals surface area contributed by atoms with Crippen molar-refractivity contribution in [2.45, 2.75) is 0 Å². The number of furan rings is 1. The van der Waals surface area contributed by atoms with Gasteiger partial charge < -0.3 is 4.42 Å². The van der Waals surface area contributed by atoms with E-state index in [1.807, 2.05) is 36.5 Å². The Kier molecular flexibility index (Phi) is 3.91. The van der Waals surface area contributed by atoms with Gasteiger partial charge in [0, 0.05) is 33.3 Å². The number of benzene rings is 4. The molecule has 0 fully saturated rings. The minimum absolute atomic E-state index is 0.876. The van der Waals surface area contributed by atoms with E-state index in [1.165, 1.54) is 0 Å². The van der Waals surface area contributed by atoms with Gasteiger partial charge in [0.25, 0.3) is 0 Å². The Balaban J connectivity index is 1.29. The summed E-state index contributed by atoms with van der Waals surface area (Å²) >= 11 is 0. The van der Waals surface area contributed by atoms with E-state index in [-0.39, 0.29) is 0 Å². The summed E-state index contributed by atoms with van der Waals surface area (Å²) in [5, 5.41) is 4.50. The zero-order valence-electron chi connectivity index (χ0n) is 19.2. The third-order valence-corrected chi connectivity index (χ3v) is 7.03. The van der Waals surface area contributed by atoms with Crippen LogP contribution in [-0.2, 0) is 0 Å². The van der Waals surface area contributed by atoms with Crippen LogP contribution in [-0.4, -0.2) is 14.4 Å². The normalized spacial score (nSPS) is 11.9. The van der Waals surface area contributed by atoms with Gasteiger partial charge in [-0.15, -0.1) is 0 Å². The summed E-state index contributed by atoms with van der Waals surface area (Å²) in [6.07, 6.45) is 2.02. The van der Waals surface area contributed by atoms with E-state index < -0.39 is 0 Å². The molecule has 0 aliphatic carbocycles. The summed E-state index contributed by atoms with van der Waals surface area (Å²) in [5.74, 6) is 0. The van der Waals surface area contributed by atoms with Crippen molar-refractivity contribution in [3.05, 3.63) is 115 Å². The largest absolute Gasteiger partial charge is 0.456 e. The third-order valence-electron chi connectivity index (χ3n) is 7.03. The molecule has 4 heterocycles. The van der Waals surface area contributed by atoms with Crippen molar-refractivity contribution in [2.75, 3.05) is 0 Å². The van der Waals surface area contributed by atoms with Crippen molar-refractivity contribution in [3.63, 3.8) is 0 Å². The Morgan fingerprint density at radius 1 is 0.528 bits per heavy atom. The van der Waals surface area contributed by atoms with Crippen molar-refractivity contribution in [1.29, 1.82) is 0 Å². The molecule has 0 unspecified atom stereocenters. The number of para-hydroxylation sites is 1. The summed E-state index contributed by atoms with van der Waals surface area (Å²) in [5.41, 5.74) is 8.90. The molecule has 8 rings (SSSR count). The summed E-state index contributed by atoms with van der Waals surface area (Å²) in [6, 6.07) is 37.7. The zero-order chi connectivity index (χ0) is 23.6. The van der Waals surface area contributed by atoms with Gasteiger partial charge in [-0.25, -0.2) is 9.97 Å². The Morgan fingerprint density at radius 2 is 1.22 bits per heavy atom. The van der Waals surface area contributed by atoms with Crippen LogP contribution in [0.15, 0.2) is 120 Å². The van der Waals surface area contributed by atoms with E-state index in [2.05, 4.69) is 83.3 Å². The zero-order valence-corrected chi connectivity index (χ0v) is 19.2. The van der Waals surface area contributed by atoms with Crippen molar-refractivity contribution >= 4 is 49.5 Å². The summed E-state index contributed by atoms with van der Waals surface area (Å²) in [7, 11) is 0. The molecule has 0 aliphatic rings. The van der Waals surface area contributed by atoms with Gasteiger partial charge in [0.2, 0.25) is 0 Å². The molecule has 4 heteroatoms. The highest BCUT2D eigenvalue weighted by atomic mass is 16.3. The number of rotatable bonds is 2. The summed E-state index contributed by atoms with van der Waals surface area (Å²) in [4.78, 5) is 9.99. The Bertz CT molecular complexity index is 2100. The Hall–Kier alpha value is -4.96. The first-order chi connectivity index (χ1) is 17.8. The van der Waals surface area contributed by atoms with Crippen LogP contribution >= 0.6 is 0 Å². The van der Waals surface area contributed by atoms with Crippen LogP contribution < -0.4 is 0 Å². The van der Waals surface area contributed by atoms with Crippen LogP contribution in [0.5, 0.6) is 0 Å². The van der Waals surface area contributed by atoms with Gasteiger partial charge in [-0.2, -0.15) is 0 Å². The number of hydrogen-bond donors (Lipinski definition) is 0. The first-order valence-electron chi connectivity index (χ1n) is 12.0. The van der Waals surface area contributed by atoms with E-state index >= 15 is 0 Å². The molecule has 0 N–H and O–H groups in total. The molecule has 0 bridgehead atoms. The van der Waals surface area contributed by atoms with Crippen LogP contribution in [0.3, 0.4) is 0 Å². The van der Waals surface area contributed by atoms with E-state index in [4.69, 9.17) is 14.4 Å². The monoisotopic (exact) mass is 461 g/mol. The fraction of sp³-hybridized carbons (Fsp3) is 0. The highest BCUT2D eigenvalue weighted by Gasteiger charge is 2.15. The molecular formula is C32H19N3O. The lowest BCUT2D eigenvalue weighted by atomic mass is 9.98. The average molecular weight is 462 g/mol. The van der Waals surface area contributed by atoms with E-state index in [0.29, 0.717) is 0 Å². The summed E-state index contributed by atoms with van der Waals surface area (Å²) < 4.78 is 8.06. The van der Waals surface area contributed by atoms with Gasteiger partial charge in [-0.1, -0.05) is 78.9 Å². The Labute approximate surface area is 206 Å². The third kappa shape index (κ3) is 2.75. The van der Waals surface area contributed by atoms with Crippen LogP contribution in [0.25, 0.3) is 71.9 Å². The highest BCUT2D eigenvalue weighted by molar-refractivity contribution is 6.09. The predicted molar refractivity (Wildman–Crippen MR) is 146 cm³/mol. The van der Waals surface area contributed by atoms with Crippen molar-refractivity contribution in [3.8, 4) is 22.4 Å². The van der Waals surface area contributed by atoms with Gasteiger partial charge in [0.1, 0.15) is 22.3 Å². The lowest BCUT2D eigenvalue weighted by Crippen LogP contribution is -1.91. The van der Waals surface area contributed by atoms with Crippen LogP contribution in [0.2, 0.25) is 0 Å². The SMILES string of the molecule is c1ccc2c(c1)oc1ccc(-c3ccc(-c4nc5c(nc6ccccn65)c5ccccc45)cc3)cc12. The second-order valence-electron chi connectivity index (χ2n) is 9.11. The molecule has 0 aliphatic heterocycles. The van der Waals surface area contributed by atoms with Crippen LogP contribution in [0, 0.1) is 0 Å². The van der Waals surface area contributed by atoms with Crippen molar-refractivity contribution < 1.29 is 4.42 Å². The number of pyridine rings is 2. The smallest absolute Gasteiger partial charge is 0.165 e. The molecule has 4 aromatic heterocycles. The molecule has 8 aromatic rings. The Morgan fingerprint density at radius 3 is 2.11 bits per heavy atom. The molecule has 0 atom stereocenters. The second kappa shape index (κ2) is 7.27. The van der Waals surface area contributed by atoms with Gasteiger partial charge in [0.05, 0.1) is 5.69 Å². The van der Waals surface area contributed by atoms with Gasteiger partial charge in [0.15, 0.2) is 5.65 Å². The number of nitrogens with zero attached hydrogens (tertiary/aromatic N) is 3. The molecule has 0 radical (unpaired) electrons. The van der Waals surface area contributed by atoms with Gasteiger partial charge in [-0.3, -0.25) is 4.40 Å². The van der Waals surface area contributed by atoms with E-state index in [9.17, 15) is 0 Å². The molecular weight excluding hydrogens is 442 g/mol. The maximum atomic E-state index is 6.00. The van der Waals surface area contributed by atoms with Crippen LogP contribution in [0.4, 0.5) is 0 Å². The molecule has 0 spiro atoms. The number of fused-ring (bicyclic) bond motifs is 8. The molecule has 4 aromatic carbocycles. The molecule has 36 heavy (non-hydrogen) atoms.